The molecule has 0 fully saturated rings. The van der Waals surface area contributed by atoms with Gasteiger partial charge in [-0.2, -0.15) is 5.26 Å². The van der Waals surface area contributed by atoms with E-state index in [-0.39, 0.29) is 27.1 Å². The van der Waals surface area contributed by atoms with Gasteiger partial charge >= 0.3 is 0 Å². The zero-order valence-electron chi connectivity index (χ0n) is 19.3. The van der Waals surface area contributed by atoms with Crippen molar-refractivity contribution in [3.8, 4) is 28.8 Å². The molecule has 4 aromatic rings. The quantitative estimate of drug-likeness (QED) is 0.312. The third-order valence-electron chi connectivity index (χ3n) is 5.01. The second-order valence-corrected chi connectivity index (χ2v) is 9.94. The van der Waals surface area contributed by atoms with Crippen LogP contribution in [0.1, 0.15) is 11.1 Å². The van der Waals surface area contributed by atoms with Gasteiger partial charge in [0.15, 0.2) is 10.9 Å². The Hall–Kier alpha value is -4.60. The molecule has 0 saturated carbocycles. The van der Waals surface area contributed by atoms with E-state index in [2.05, 4.69) is 19.7 Å². The first-order valence-corrected chi connectivity index (χ1v) is 13.0. The molecule has 0 aliphatic rings. The van der Waals surface area contributed by atoms with E-state index >= 15 is 0 Å². The Labute approximate surface area is 216 Å². The molecule has 3 N–H and O–H groups in total. The van der Waals surface area contributed by atoms with E-state index in [1.807, 2.05) is 6.07 Å². The summed E-state index contributed by atoms with van der Waals surface area (Å²) >= 11 is 1.13. The van der Waals surface area contributed by atoms with Crippen molar-refractivity contribution in [2.24, 2.45) is 10.7 Å². The van der Waals surface area contributed by atoms with E-state index in [1.54, 1.807) is 36.7 Å². The molecule has 0 amide bonds. The Morgan fingerprint density at radius 1 is 1.22 bits per heavy atom. The molecule has 37 heavy (non-hydrogen) atoms. The van der Waals surface area contributed by atoms with Gasteiger partial charge in [0.1, 0.15) is 17.6 Å². The van der Waals surface area contributed by atoms with Crippen LogP contribution >= 0.6 is 11.3 Å². The summed E-state index contributed by atoms with van der Waals surface area (Å²) in [6.45, 7) is 0. The maximum atomic E-state index is 13.8. The standard InChI is InChI=1S/C25H19FN6O3S2/c1-29-21(7-8-27)20-13-22(16-3-2-4-18(26)11-16)31-15-24(20)35-23-6-5-19(12-17(23)14-28)37(33,34)32-25-30-9-10-36-25/h2-13,15H,27H2,1H3,(H,30,32). The Bertz CT molecular complexity index is 1650. The highest BCUT2D eigenvalue weighted by molar-refractivity contribution is 7.93. The lowest BCUT2D eigenvalue weighted by molar-refractivity contribution is 0.477. The van der Waals surface area contributed by atoms with Gasteiger partial charge in [-0.15, -0.1) is 11.3 Å². The summed E-state index contributed by atoms with van der Waals surface area (Å²) in [5, 5.41) is 11.5. The zero-order chi connectivity index (χ0) is 26.4. The third kappa shape index (κ3) is 5.80. The molecule has 0 spiro atoms. The Kier molecular flexibility index (Phi) is 7.57. The molecule has 4 rings (SSSR count). The summed E-state index contributed by atoms with van der Waals surface area (Å²) < 4.78 is 47.6. The van der Waals surface area contributed by atoms with Gasteiger partial charge in [0, 0.05) is 29.8 Å². The smallest absolute Gasteiger partial charge is 0.263 e. The molecule has 186 valence electrons. The van der Waals surface area contributed by atoms with Gasteiger partial charge in [-0.1, -0.05) is 12.1 Å². The Balaban J connectivity index is 1.73. The van der Waals surface area contributed by atoms with Crippen LogP contribution in [0.4, 0.5) is 9.52 Å². The molecule has 2 aromatic carbocycles. The van der Waals surface area contributed by atoms with E-state index < -0.39 is 15.8 Å². The fourth-order valence-corrected chi connectivity index (χ4v) is 5.14. The number of hydrogen-bond donors (Lipinski definition) is 2. The van der Waals surface area contributed by atoms with Gasteiger partial charge in [-0.25, -0.2) is 17.8 Å². The van der Waals surface area contributed by atoms with Crippen LogP contribution in [0.15, 0.2) is 88.5 Å². The molecule has 2 aromatic heterocycles. The lowest BCUT2D eigenvalue weighted by atomic mass is 10.0. The van der Waals surface area contributed by atoms with Gasteiger partial charge in [0.2, 0.25) is 0 Å². The number of nitrogens with zero attached hydrogens (tertiary/aromatic N) is 4. The predicted octanol–water partition coefficient (Wildman–Crippen LogP) is 4.70. The van der Waals surface area contributed by atoms with E-state index in [4.69, 9.17) is 10.5 Å². The molecule has 0 aliphatic carbocycles. The maximum absolute atomic E-state index is 13.8. The number of ether oxygens (including phenoxy) is 1. The minimum absolute atomic E-state index is 0.0217. The molecular formula is C25H19FN6O3S2. The number of aliphatic imine (C=N–C) groups is 1. The number of anilines is 1. The van der Waals surface area contributed by atoms with Crippen molar-refractivity contribution in [3.05, 3.63) is 95.5 Å². The summed E-state index contributed by atoms with van der Waals surface area (Å²) in [6.07, 6.45) is 5.76. The SMILES string of the molecule is CN=C(C=CN)c1cc(-c2cccc(F)c2)ncc1Oc1ccc(S(=O)(=O)Nc2nccs2)cc1C#N. The van der Waals surface area contributed by atoms with E-state index in [9.17, 15) is 18.1 Å². The van der Waals surface area contributed by atoms with Gasteiger partial charge in [-0.3, -0.25) is 14.7 Å². The van der Waals surface area contributed by atoms with Crippen LogP contribution in [0, 0.1) is 17.1 Å². The van der Waals surface area contributed by atoms with Crippen LogP contribution in [-0.4, -0.2) is 31.1 Å². The number of hydrogen-bond acceptors (Lipinski definition) is 9. The van der Waals surface area contributed by atoms with Crippen LogP contribution in [0.3, 0.4) is 0 Å². The second kappa shape index (κ2) is 11.0. The Morgan fingerprint density at radius 3 is 2.73 bits per heavy atom. The number of allylic oxidation sites excluding steroid dienone is 1. The molecule has 0 atom stereocenters. The van der Waals surface area contributed by atoms with Crippen molar-refractivity contribution in [3.63, 3.8) is 0 Å². The maximum Gasteiger partial charge on any atom is 0.263 e. The van der Waals surface area contributed by atoms with Crippen molar-refractivity contribution < 1.29 is 17.5 Å². The number of aromatic nitrogens is 2. The molecule has 0 radical (unpaired) electrons. The fraction of sp³-hybridized carbons (Fsp3) is 0.0400. The molecular weight excluding hydrogens is 515 g/mol. The average molecular weight is 535 g/mol. The second-order valence-electron chi connectivity index (χ2n) is 7.36. The minimum Gasteiger partial charge on any atom is -0.454 e. The number of nitrogens with one attached hydrogen (secondary N) is 1. The van der Waals surface area contributed by atoms with Gasteiger partial charge < -0.3 is 10.5 Å². The molecule has 12 heteroatoms. The molecule has 9 nitrogen and oxygen atoms in total. The van der Waals surface area contributed by atoms with Gasteiger partial charge in [0.25, 0.3) is 10.0 Å². The van der Waals surface area contributed by atoms with E-state index in [1.165, 1.54) is 48.9 Å². The first kappa shape index (κ1) is 25.5. The molecule has 0 saturated heterocycles. The number of thiazole rings is 1. The van der Waals surface area contributed by atoms with Crippen LogP contribution in [-0.2, 0) is 10.0 Å². The van der Waals surface area contributed by atoms with Crippen molar-refractivity contribution in [2.45, 2.75) is 4.90 Å². The number of nitriles is 1. The van der Waals surface area contributed by atoms with E-state index in [0.717, 1.165) is 11.3 Å². The largest absolute Gasteiger partial charge is 0.454 e. The predicted molar refractivity (Wildman–Crippen MR) is 140 cm³/mol. The monoisotopic (exact) mass is 534 g/mol. The van der Waals surface area contributed by atoms with Gasteiger partial charge in [-0.05, 0) is 48.7 Å². The number of nitrogens with two attached hydrogens (primary N) is 1. The zero-order valence-corrected chi connectivity index (χ0v) is 20.9. The van der Waals surface area contributed by atoms with E-state index in [0.29, 0.717) is 22.5 Å². The lowest BCUT2D eigenvalue weighted by Crippen LogP contribution is -2.13. The number of pyridine rings is 1. The summed E-state index contributed by atoms with van der Waals surface area (Å²) in [5.41, 5.74) is 7.49. The van der Waals surface area contributed by atoms with Crippen LogP contribution < -0.4 is 15.2 Å². The first-order valence-electron chi connectivity index (χ1n) is 10.6. The molecule has 0 aliphatic heterocycles. The summed E-state index contributed by atoms with van der Waals surface area (Å²) in [7, 11) is -2.41. The average Bonchev–Trinajstić information content (AvgIpc) is 3.40. The molecule has 2 heterocycles. The highest BCUT2D eigenvalue weighted by atomic mass is 32.2. The van der Waals surface area contributed by atoms with Crippen LogP contribution in [0.5, 0.6) is 11.5 Å². The highest BCUT2D eigenvalue weighted by Gasteiger charge is 2.20. The third-order valence-corrected chi connectivity index (χ3v) is 7.17. The van der Waals surface area contributed by atoms with Crippen LogP contribution in [0.2, 0.25) is 0 Å². The van der Waals surface area contributed by atoms with Crippen molar-refractivity contribution >= 4 is 32.2 Å². The van der Waals surface area contributed by atoms with Crippen LogP contribution in [0.25, 0.3) is 11.3 Å². The fourth-order valence-electron chi connectivity index (χ4n) is 3.32. The topological polar surface area (TPSA) is 143 Å². The highest BCUT2D eigenvalue weighted by Crippen LogP contribution is 2.32. The summed E-state index contributed by atoms with van der Waals surface area (Å²) in [4.78, 5) is 12.4. The molecule has 0 bridgehead atoms. The Morgan fingerprint density at radius 2 is 2.05 bits per heavy atom. The first-order chi connectivity index (χ1) is 17.8. The molecule has 0 unspecified atom stereocenters. The number of rotatable bonds is 8. The van der Waals surface area contributed by atoms with Crippen molar-refractivity contribution in [2.75, 3.05) is 11.8 Å². The normalized spacial score (nSPS) is 11.9. The number of sulfonamides is 1. The lowest BCUT2D eigenvalue weighted by Gasteiger charge is -2.14. The minimum atomic E-state index is -3.97. The summed E-state index contributed by atoms with van der Waals surface area (Å²) in [6, 6.07) is 13.5. The van der Waals surface area contributed by atoms with Gasteiger partial charge in [0.05, 0.1) is 28.1 Å². The number of benzene rings is 2. The van der Waals surface area contributed by atoms with Crippen molar-refractivity contribution in [1.29, 1.82) is 5.26 Å². The number of halogens is 1. The van der Waals surface area contributed by atoms with Crippen molar-refractivity contribution in [1.82, 2.24) is 9.97 Å². The summed E-state index contributed by atoms with van der Waals surface area (Å²) in [5.74, 6) is -0.0817.